The van der Waals surface area contributed by atoms with Crippen molar-refractivity contribution < 1.29 is 4.79 Å². The monoisotopic (exact) mass is 397 g/mol. The van der Waals surface area contributed by atoms with E-state index in [4.69, 9.17) is 34.8 Å². The molecule has 0 saturated heterocycles. The van der Waals surface area contributed by atoms with Gasteiger partial charge in [-0.25, -0.2) is 9.36 Å². The van der Waals surface area contributed by atoms with Crippen LogP contribution in [0.1, 0.15) is 0 Å². The van der Waals surface area contributed by atoms with Gasteiger partial charge in [0.1, 0.15) is 0 Å². The lowest BCUT2D eigenvalue weighted by atomic mass is 10.3. The van der Waals surface area contributed by atoms with Crippen LogP contribution >= 0.6 is 34.8 Å². The number of carbonyl (C=O) groups is 1. The first-order valence-electron chi connectivity index (χ1n) is 6.85. The van der Waals surface area contributed by atoms with Gasteiger partial charge in [0.2, 0.25) is 5.91 Å². The highest BCUT2D eigenvalue weighted by Gasteiger charge is 2.20. The third-order valence-electron chi connectivity index (χ3n) is 3.26. The van der Waals surface area contributed by atoms with Gasteiger partial charge in [-0.2, -0.15) is 5.10 Å². The van der Waals surface area contributed by atoms with Gasteiger partial charge in [0.25, 0.3) is 5.56 Å². The van der Waals surface area contributed by atoms with Crippen molar-refractivity contribution in [3.63, 3.8) is 0 Å². The summed E-state index contributed by atoms with van der Waals surface area (Å²) in [5.74, 6) is -0.372. The molecule has 0 aliphatic rings. The van der Waals surface area contributed by atoms with Crippen LogP contribution in [0.3, 0.4) is 0 Å². The number of H-pyrrole nitrogens is 1. The lowest BCUT2D eigenvalue weighted by molar-refractivity contribution is -0.111. The molecule has 2 heterocycles. The summed E-state index contributed by atoms with van der Waals surface area (Å²) in [6.45, 7) is 3.39. The predicted octanol–water partition coefficient (Wildman–Crippen LogP) is 3.44. The number of rotatable bonds is 4. The Labute approximate surface area is 156 Å². The van der Waals surface area contributed by atoms with E-state index in [0.29, 0.717) is 0 Å². The van der Waals surface area contributed by atoms with Crippen LogP contribution in [0.5, 0.6) is 0 Å². The Morgan fingerprint density at radius 3 is 2.60 bits per heavy atom. The summed E-state index contributed by atoms with van der Waals surface area (Å²) in [5.41, 5.74) is -0.126. The topological polar surface area (TPSA) is 84.7 Å². The number of nitrogens with one attached hydrogen (secondary N) is 2. The first-order chi connectivity index (χ1) is 11.9. The molecule has 1 aromatic carbocycles. The third-order valence-corrected chi connectivity index (χ3v) is 4.29. The van der Waals surface area contributed by atoms with Crippen LogP contribution in [-0.2, 0) is 4.79 Å². The fourth-order valence-electron chi connectivity index (χ4n) is 2.16. The molecule has 128 valence electrons. The Bertz CT molecular complexity index is 1020. The molecule has 7 nitrogen and oxygen atoms in total. The second kappa shape index (κ2) is 6.79. The fourth-order valence-corrected chi connectivity index (χ4v) is 2.78. The van der Waals surface area contributed by atoms with Crippen molar-refractivity contribution in [1.82, 2.24) is 19.6 Å². The zero-order valence-electron chi connectivity index (χ0n) is 12.5. The van der Waals surface area contributed by atoms with E-state index in [0.717, 1.165) is 10.8 Å². The minimum Gasteiger partial charge on any atom is -0.306 e. The normalized spacial score (nSPS) is 10.7. The van der Waals surface area contributed by atoms with Crippen molar-refractivity contribution in [3.05, 3.63) is 68.7 Å². The highest BCUT2D eigenvalue weighted by molar-refractivity contribution is 6.43. The third kappa shape index (κ3) is 3.21. The molecule has 0 bridgehead atoms. The maximum absolute atomic E-state index is 12.9. The number of anilines is 1. The van der Waals surface area contributed by atoms with Crippen LogP contribution in [0, 0.1) is 0 Å². The smallest absolute Gasteiger partial charge is 0.299 e. The van der Waals surface area contributed by atoms with Crippen LogP contribution in [0.25, 0.3) is 11.4 Å². The number of benzene rings is 1. The molecule has 0 atom stereocenters. The quantitative estimate of drug-likeness (QED) is 0.521. The first kappa shape index (κ1) is 17.3. The average Bonchev–Trinajstić information content (AvgIpc) is 3.19. The Balaban J connectivity index is 2.24. The summed E-state index contributed by atoms with van der Waals surface area (Å²) in [6, 6.07) is 4.50. The number of carbonyl (C=O) groups excluding carboxylic acids is 1. The van der Waals surface area contributed by atoms with E-state index in [2.05, 4.69) is 22.1 Å². The molecule has 1 amide bonds. The summed E-state index contributed by atoms with van der Waals surface area (Å²) in [4.78, 5) is 24.5. The van der Waals surface area contributed by atoms with Gasteiger partial charge < -0.3 is 5.32 Å². The van der Waals surface area contributed by atoms with Gasteiger partial charge in [-0.15, -0.1) is 0 Å². The molecule has 0 radical (unpaired) electrons. The number of amides is 1. The molecule has 0 aliphatic heterocycles. The van der Waals surface area contributed by atoms with Crippen LogP contribution in [0.4, 0.5) is 5.82 Å². The molecular weight excluding hydrogens is 389 g/mol. The maximum atomic E-state index is 12.9. The van der Waals surface area contributed by atoms with Gasteiger partial charge in [0.15, 0.2) is 11.5 Å². The molecule has 2 aromatic heterocycles. The zero-order valence-corrected chi connectivity index (χ0v) is 14.7. The second-order valence-electron chi connectivity index (χ2n) is 4.84. The average molecular weight is 399 g/mol. The molecule has 0 unspecified atom stereocenters. The molecule has 10 heteroatoms. The summed E-state index contributed by atoms with van der Waals surface area (Å²) in [5, 5.41) is 10.0. The molecule has 0 aliphatic carbocycles. The second-order valence-corrected chi connectivity index (χ2v) is 6.06. The minimum atomic E-state index is -0.498. The molecule has 0 spiro atoms. The minimum absolute atomic E-state index is 0.0994. The Hall–Kier alpha value is -2.48. The van der Waals surface area contributed by atoms with Gasteiger partial charge in [-0.3, -0.25) is 14.7 Å². The van der Waals surface area contributed by atoms with Gasteiger partial charge in [0.05, 0.1) is 20.8 Å². The number of nitrogens with zero attached hydrogens (tertiary/aromatic N) is 3. The number of hydrogen-bond acceptors (Lipinski definition) is 3. The van der Waals surface area contributed by atoms with E-state index in [1.807, 2.05) is 0 Å². The maximum Gasteiger partial charge on any atom is 0.299 e. The van der Waals surface area contributed by atoms with E-state index in [1.165, 1.54) is 23.0 Å². The van der Waals surface area contributed by atoms with Gasteiger partial charge in [-0.1, -0.05) is 41.4 Å². The summed E-state index contributed by atoms with van der Waals surface area (Å²) >= 11 is 18.1. The lowest BCUT2D eigenvalue weighted by Gasteiger charge is -2.06. The van der Waals surface area contributed by atoms with Crippen molar-refractivity contribution in [3.8, 4) is 11.4 Å². The first-order valence-corrected chi connectivity index (χ1v) is 7.99. The van der Waals surface area contributed by atoms with Gasteiger partial charge in [-0.05, 0) is 24.3 Å². The van der Waals surface area contributed by atoms with Crippen LogP contribution < -0.4 is 10.9 Å². The van der Waals surface area contributed by atoms with Crippen molar-refractivity contribution >= 4 is 46.5 Å². The zero-order chi connectivity index (χ0) is 18.1. The van der Waals surface area contributed by atoms with E-state index >= 15 is 0 Å². The van der Waals surface area contributed by atoms with Crippen LogP contribution in [0.2, 0.25) is 15.1 Å². The molecule has 0 fully saturated rings. The van der Waals surface area contributed by atoms with Crippen LogP contribution in [0.15, 0.2) is 48.0 Å². The number of halogens is 3. The fraction of sp³-hybridized carbons (Fsp3) is 0. The highest BCUT2D eigenvalue weighted by Crippen LogP contribution is 2.31. The Kier molecular flexibility index (Phi) is 4.71. The number of hydrogen-bond donors (Lipinski definition) is 2. The summed E-state index contributed by atoms with van der Waals surface area (Å²) in [6.07, 6.45) is 4.14. The molecule has 3 aromatic rings. The lowest BCUT2D eigenvalue weighted by Crippen LogP contribution is -2.19. The Morgan fingerprint density at radius 1 is 1.24 bits per heavy atom. The predicted molar refractivity (Wildman–Crippen MR) is 97.4 cm³/mol. The van der Waals surface area contributed by atoms with Gasteiger partial charge >= 0.3 is 0 Å². The van der Waals surface area contributed by atoms with Crippen molar-refractivity contribution in [2.24, 2.45) is 0 Å². The molecule has 0 saturated carbocycles. The summed E-state index contributed by atoms with van der Waals surface area (Å²) in [7, 11) is 0. The Morgan fingerprint density at radius 2 is 1.96 bits per heavy atom. The van der Waals surface area contributed by atoms with E-state index in [-0.39, 0.29) is 32.3 Å². The number of aromatic nitrogens is 4. The van der Waals surface area contributed by atoms with Crippen molar-refractivity contribution in [1.29, 1.82) is 0 Å². The van der Waals surface area contributed by atoms with E-state index in [9.17, 15) is 9.59 Å². The molecular formula is C15H10Cl3N5O2. The van der Waals surface area contributed by atoms with Crippen LogP contribution in [-0.4, -0.2) is 25.5 Å². The van der Waals surface area contributed by atoms with E-state index in [1.54, 1.807) is 12.3 Å². The summed E-state index contributed by atoms with van der Waals surface area (Å²) < 4.78 is 2.46. The molecule has 25 heavy (non-hydrogen) atoms. The van der Waals surface area contributed by atoms with E-state index < -0.39 is 11.5 Å². The molecule has 3 rings (SSSR count). The standard InChI is InChI=1S/C15H10Cl3N5O2/c1-2-12(24)20-14-13(22-5-3-4-19-22)15(25)23(21-14)11-7-9(17)8(16)6-10(11)18/h2-7,21H,1H2,(H,20,24). The largest absolute Gasteiger partial charge is 0.306 e. The highest BCUT2D eigenvalue weighted by atomic mass is 35.5. The SMILES string of the molecule is C=CC(=O)Nc1[nH]n(-c2cc(Cl)c(Cl)cc2Cl)c(=O)c1-n1cccn1. The van der Waals surface area contributed by atoms with Crippen molar-refractivity contribution in [2.75, 3.05) is 5.32 Å². The van der Waals surface area contributed by atoms with Crippen molar-refractivity contribution in [2.45, 2.75) is 0 Å². The number of aromatic amines is 1. The molecule has 2 N–H and O–H groups in total. The van der Waals surface area contributed by atoms with Gasteiger partial charge in [0, 0.05) is 12.4 Å².